The summed E-state index contributed by atoms with van der Waals surface area (Å²) in [6, 6.07) is 17.5. The van der Waals surface area contributed by atoms with Gasteiger partial charge in [-0.15, -0.1) is 17.8 Å². The van der Waals surface area contributed by atoms with Crippen molar-refractivity contribution in [3.05, 3.63) is 117 Å². The summed E-state index contributed by atoms with van der Waals surface area (Å²) in [5, 5.41) is 20.9. The Morgan fingerprint density at radius 3 is 2.24 bits per heavy atom. The summed E-state index contributed by atoms with van der Waals surface area (Å²) in [5.41, 5.74) is 8.19. The van der Waals surface area contributed by atoms with Gasteiger partial charge in [0, 0.05) is 48.2 Å². The van der Waals surface area contributed by atoms with E-state index in [0.717, 1.165) is 39.8 Å². The molecule has 4 aromatic heterocycles. The minimum Gasteiger partial charge on any atom is -0.542 e. The molecule has 0 radical (unpaired) electrons. The minimum absolute atomic E-state index is 0. The number of benzene rings is 2. The van der Waals surface area contributed by atoms with Crippen molar-refractivity contribution in [1.82, 2.24) is 40.0 Å². The average molecular weight is 1120 g/mol. The molecule has 14 nitrogen and oxygen atoms in total. The Morgan fingerprint density at radius 2 is 1.72 bits per heavy atom. The van der Waals surface area contributed by atoms with Crippen LogP contribution < -0.4 is 44.9 Å². The average Bonchev–Trinajstić information content (AvgIpc) is 4.03. The van der Waals surface area contributed by atoms with E-state index < -0.39 is 6.10 Å². The summed E-state index contributed by atoms with van der Waals surface area (Å²) < 4.78 is 8.12. The van der Waals surface area contributed by atoms with Gasteiger partial charge in [0.05, 0.1) is 50.2 Å². The quantitative estimate of drug-likeness (QED) is 0.0304. The van der Waals surface area contributed by atoms with E-state index in [2.05, 4.69) is 80.5 Å². The number of carbonyl (C=O) groups excluding carboxylic acids is 4. The maximum Gasteiger partial charge on any atom is 1.00 e. The van der Waals surface area contributed by atoms with E-state index in [4.69, 9.17) is 38.1 Å². The van der Waals surface area contributed by atoms with Gasteiger partial charge in [0.25, 0.3) is 5.91 Å². The number of fused-ring (bicyclic) bond motifs is 1. The van der Waals surface area contributed by atoms with E-state index in [-0.39, 0.29) is 65.1 Å². The summed E-state index contributed by atoms with van der Waals surface area (Å²) in [6.45, 7) is 17.3. The molecular weight excluding hydrogens is 1070 g/mol. The van der Waals surface area contributed by atoms with Crippen molar-refractivity contribution in [3.63, 3.8) is 0 Å². The number of thiazole rings is 1. The Labute approximate surface area is 449 Å². The van der Waals surface area contributed by atoms with Crippen LogP contribution in [0.25, 0.3) is 32.6 Å². The number of rotatable bonds is 15. The van der Waals surface area contributed by atoms with Crippen molar-refractivity contribution in [2.24, 2.45) is 5.41 Å². The summed E-state index contributed by atoms with van der Waals surface area (Å²) >= 11 is 16.6. The standard InChI is InChI=1S/C26H24Cl2IN5O3P.C13H14N2OS.C5H8NO2.C4H9.Na/c1-15(23-19(27)12-30-13-20(23)28)37-17-5-7-22-18(10-17)24(33-34(22)38-29)16-4-6-21(31-11-16)25(36)32-14-26(2,3)8-9-35;1-9(14-7-16)11-3-5-12(6-4-11)13-10(2)15-8-17-13;7-4-6-2-1-5(8)3-6;1-4(2)3;/h4-7,10-13,15,38H,8,14H2,1-3H3,(H,32,36);3-9H,1-2H3,(H,14,16);5,8H,1-3H2;1-3H3;/q-1;;2*-1;+1/t15-;9-;;;/m10.../s1. The van der Waals surface area contributed by atoms with Gasteiger partial charge in [0.1, 0.15) is 23.2 Å². The van der Waals surface area contributed by atoms with Crippen LogP contribution in [0.1, 0.15) is 101 Å². The zero-order valence-electron chi connectivity index (χ0n) is 39.6. The maximum atomic E-state index is 12.6. The number of hydrogen-bond donors (Lipinski definition) is 3. The fourth-order valence-corrected chi connectivity index (χ4v) is 9.39. The van der Waals surface area contributed by atoms with Gasteiger partial charge in [0.2, 0.25) is 6.41 Å². The molecule has 1 fully saturated rings. The number of aliphatic hydroxyl groups is 1. The molecular formula is C48H55Cl2IN8NaO6PS-2. The van der Waals surface area contributed by atoms with Crippen LogP contribution in [-0.2, 0) is 14.4 Å². The van der Waals surface area contributed by atoms with Gasteiger partial charge in [-0.05, 0) is 103 Å². The number of β-amino-alcohol motifs (C(OH)–C–C–N with tert-alkyl or cyclic N) is 1. The molecule has 1 saturated heterocycles. The number of amides is 3. The van der Waals surface area contributed by atoms with Crippen molar-refractivity contribution < 1.29 is 58.6 Å². The Bertz CT molecular complexity index is 2530. The van der Waals surface area contributed by atoms with Gasteiger partial charge < -0.3 is 40.9 Å². The van der Waals surface area contributed by atoms with Crippen molar-refractivity contribution in [1.29, 1.82) is 0 Å². The van der Waals surface area contributed by atoms with E-state index in [1.54, 1.807) is 30.0 Å². The van der Waals surface area contributed by atoms with Gasteiger partial charge in [-0.25, -0.2) is 9.44 Å². The molecule has 2 unspecified atom stereocenters. The molecule has 3 amide bonds. The van der Waals surface area contributed by atoms with Crippen molar-refractivity contribution >= 4 is 98.9 Å². The normalized spacial score (nSPS) is 14.0. The van der Waals surface area contributed by atoms with Crippen LogP contribution in [0.4, 0.5) is 0 Å². The summed E-state index contributed by atoms with van der Waals surface area (Å²) in [4.78, 5) is 58.8. The molecule has 358 valence electrons. The summed E-state index contributed by atoms with van der Waals surface area (Å²) in [6.07, 6.45) is 9.66. The van der Waals surface area contributed by atoms with Crippen LogP contribution in [0.2, 0.25) is 10.0 Å². The van der Waals surface area contributed by atoms with E-state index in [9.17, 15) is 19.2 Å². The van der Waals surface area contributed by atoms with Crippen LogP contribution in [0.15, 0.2) is 78.7 Å². The summed E-state index contributed by atoms with van der Waals surface area (Å²) in [7, 11) is 0. The molecule has 20 heteroatoms. The first kappa shape index (κ1) is 58.7. The van der Waals surface area contributed by atoms with E-state index in [0.29, 0.717) is 53.8 Å². The molecule has 1 aliphatic heterocycles. The second-order valence-electron chi connectivity index (χ2n) is 16.8. The SMILES string of the molecule is C[C-](C)C.C[C@@H](Oc1ccc2c(c1)c(-c1ccc(C(=O)NCC(C)(C)C[C-]=O)nc1)nn2PI)c1c(Cl)cncc1Cl.Cc1ncsc1-c1ccc([C@H](C)NC=O)cc1.O=[C-]N1CCC(O)C1.[Na+]. The van der Waals surface area contributed by atoms with Gasteiger partial charge in [0.15, 0.2) is 0 Å². The maximum absolute atomic E-state index is 12.6. The molecule has 7 rings (SSSR count). The molecule has 4 atom stereocenters. The number of halogens is 3. The third kappa shape index (κ3) is 17.7. The number of aromatic nitrogens is 5. The molecule has 5 heterocycles. The molecule has 68 heavy (non-hydrogen) atoms. The first-order valence-electron chi connectivity index (χ1n) is 21.1. The number of likely N-dealkylation sites (tertiary alicyclic amines) is 1. The second-order valence-corrected chi connectivity index (χ2v) is 20.5. The number of carbonyl (C=O) groups is 2. The monoisotopic (exact) mass is 1120 g/mol. The first-order valence-corrected chi connectivity index (χ1v) is 26.8. The van der Waals surface area contributed by atoms with Crippen molar-refractivity contribution in [2.75, 3.05) is 19.6 Å². The van der Waals surface area contributed by atoms with E-state index in [1.807, 2.05) is 87.3 Å². The van der Waals surface area contributed by atoms with Crippen molar-refractivity contribution in [3.8, 4) is 27.4 Å². The molecule has 0 aliphatic carbocycles. The number of nitrogens with zero attached hydrogens (tertiary/aromatic N) is 6. The Balaban J connectivity index is 0.000000332. The zero-order chi connectivity index (χ0) is 49.3. The number of aliphatic hydroxyl groups excluding tert-OH is 1. The van der Waals surface area contributed by atoms with Gasteiger partial charge >= 0.3 is 29.6 Å². The van der Waals surface area contributed by atoms with E-state index >= 15 is 0 Å². The molecule has 1 aliphatic rings. The molecule has 0 saturated carbocycles. The molecule has 2 aromatic carbocycles. The van der Waals surface area contributed by atoms with E-state index in [1.165, 1.54) is 33.7 Å². The van der Waals surface area contributed by atoms with Crippen molar-refractivity contribution in [2.45, 2.75) is 86.5 Å². The predicted molar refractivity (Wildman–Crippen MR) is 278 cm³/mol. The summed E-state index contributed by atoms with van der Waals surface area (Å²) in [5.74, 6) is 1.74. The first-order chi connectivity index (χ1) is 31.9. The smallest absolute Gasteiger partial charge is 0.542 e. The number of nitrogens with one attached hydrogen (secondary N) is 2. The minimum atomic E-state index is -0.408. The van der Waals surface area contributed by atoms with Gasteiger partial charge in [-0.3, -0.25) is 25.8 Å². The predicted octanol–water partition coefficient (Wildman–Crippen LogP) is 7.66. The fraction of sp³-hybridized carbons (Fsp3) is 0.354. The number of aryl methyl sites for hydroxylation is 1. The second kappa shape index (κ2) is 28.9. The number of pyridine rings is 2. The Kier molecular flexibility index (Phi) is 25.0. The Hall–Kier alpha value is -3.58. The number of ether oxygens (including phenoxy) is 1. The van der Waals surface area contributed by atoms with Gasteiger partial charge in [-0.1, -0.05) is 61.3 Å². The molecule has 3 N–H and O–H groups in total. The number of hydrogen-bond acceptors (Lipinski definition) is 11. The fourth-order valence-electron chi connectivity index (χ4n) is 6.38. The third-order valence-corrected chi connectivity index (χ3v) is 13.4. The molecule has 0 spiro atoms. The Morgan fingerprint density at radius 1 is 1.06 bits per heavy atom. The van der Waals surface area contributed by atoms with Crippen LogP contribution in [-0.4, -0.2) is 85.3 Å². The topological polar surface area (TPSA) is 182 Å². The van der Waals surface area contributed by atoms with Gasteiger partial charge in [-0.2, -0.15) is 32.3 Å². The zero-order valence-corrected chi connectivity index (χ0v) is 47.1. The third-order valence-electron chi connectivity index (χ3n) is 9.92. The van der Waals surface area contributed by atoms with Crippen LogP contribution in [0.5, 0.6) is 5.75 Å². The molecule has 0 bridgehead atoms. The van der Waals surface area contributed by atoms with Crippen LogP contribution in [0, 0.1) is 18.3 Å². The van der Waals surface area contributed by atoms with Crippen LogP contribution >= 0.6 is 63.0 Å². The van der Waals surface area contributed by atoms with Crippen LogP contribution in [0.3, 0.4) is 0 Å². The largest absolute Gasteiger partial charge is 1.00 e. The molecule has 6 aromatic rings.